The van der Waals surface area contributed by atoms with Crippen LogP contribution < -0.4 is 11.2 Å². The zero-order chi connectivity index (χ0) is 31.1. The van der Waals surface area contributed by atoms with Crippen molar-refractivity contribution in [2.24, 2.45) is 0 Å². The van der Waals surface area contributed by atoms with Gasteiger partial charge in [0.15, 0.2) is 5.65 Å². The Labute approximate surface area is 249 Å². The number of fused-ring (bicyclic) bond motifs is 1. The molecule has 0 bridgehead atoms. The molecular weight excluding hydrogens is 549 g/mol. The summed E-state index contributed by atoms with van der Waals surface area (Å²) in [5.74, 6) is -0.668. The van der Waals surface area contributed by atoms with Crippen LogP contribution in [0.3, 0.4) is 0 Å². The lowest BCUT2D eigenvalue weighted by atomic mass is 9.88. The van der Waals surface area contributed by atoms with Crippen LogP contribution in [0.2, 0.25) is 0 Å². The van der Waals surface area contributed by atoms with Gasteiger partial charge in [0, 0.05) is 24.2 Å². The van der Waals surface area contributed by atoms with Gasteiger partial charge in [-0.15, -0.1) is 0 Å². The summed E-state index contributed by atoms with van der Waals surface area (Å²) in [5, 5.41) is 9.88. The second-order valence-electron chi connectivity index (χ2n) is 12.6. The molecule has 1 N–H and O–H groups in total. The first-order valence-electron chi connectivity index (χ1n) is 14.5. The van der Waals surface area contributed by atoms with Crippen LogP contribution in [0.4, 0.5) is 9.18 Å². The zero-order valence-electron chi connectivity index (χ0n) is 25.2. The zero-order valence-corrected chi connectivity index (χ0v) is 25.2. The number of aromatic nitrogens is 3. The van der Waals surface area contributed by atoms with E-state index in [0.29, 0.717) is 31.4 Å². The molecule has 0 aliphatic heterocycles. The van der Waals surface area contributed by atoms with Crippen LogP contribution in [-0.4, -0.2) is 60.8 Å². The molecule has 2 aromatic carbocycles. The van der Waals surface area contributed by atoms with E-state index in [1.807, 2.05) is 65.2 Å². The lowest BCUT2D eigenvalue weighted by Gasteiger charge is -2.42. The lowest BCUT2D eigenvalue weighted by Crippen LogP contribution is -2.53. The van der Waals surface area contributed by atoms with E-state index in [2.05, 4.69) is 22.0 Å². The topological polar surface area (TPSA) is 101 Å². The first-order chi connectivity index (χ1) is 20.3. The minimum atomic E-state index is -0.991. The van der Waals surface area contributed by atoms with Crippen molar-refractivity contribution in [3.05, 3.63) is 93.0 Å². The van der Waals surface area contributed by atoms with Gasteiger partial charge >= 0.3 is 11.8 Å². The third kappa shape index (κ3) is 6.10. The van der Waals surface area contributed by atoms with Gasteiger partial charge in [0.25, 0.3) is 5.56 Å². The molecule has 1 aliphatic carbocycles. The maximum absolute atomic E-state index is 14.4. The average Bonchev–Trinajstić information content (AvgIpc) is 2.94. The molecule has 2 heterocycles. The molecule has 226 valence electrons. The van der Waals surface area contributed by atoms with Gasteiger partial charge in [-0.3, -0.25) is 9.36 Å². The first kappa shape index (κ1) is 30.2. The molecule has 5 rings (SSSR count). The van der Waals surface area contributed by atoms with E-state index in [0.717, 1.165) is 29.9 Å². The fourth-order valence-corrected chi connectivity index (χ4v) is 6.30. The fourth-order valence-electron chi connectivity index (χ4n) is 6.30. The number of pyridine rings is 1. The Bertz CT molecular complexity index is 1760. The van der Waals surface area contributed by atoms with Gasteiger partial charge in [-0.2, -0.15) is 0 Å². The third-order valence-electron chi connectivity index (χ3n) is 8.11. The molecule has 1 amide bonds. The number of hydrogen-bond acceptors (Lipinski definition) is 5. The quantitative estimate of drug-likeness (QED) is 0.312. The summed E-state index contributed by atoms with van der Waals surface area (Å²) in [7, 11) is 4.03. The van der Waals surface area contributed by atoms with Crippen molar-refractivity contribution < 1.29 is 14.3 Å². The van der Waals surface area contributed by atoms with E-state index in [1.54, 1.807) is 6.07 Å². The number of amides is 1. The van der Waals surface area contributed by atoms with Gasteiger partial charge in [0.05, 0.1) is 17.3 Å². The number of benzene rings is 2. The van der Waals surface area contributed by atoms with Crippen molar-refractivity contribution in [3.63, 3.8) is 0 Å². The maximum atomic E-state index is 14.4. The van der Waals surface area contributed by atoms with Gasteiger partial charge in [0.1, 0.15) is 5.82 Å². The minimum Gasteiger partial charge on any atom is -0.465 e. The van der Waals surface area contributed by atoms with E-state index < -0.39 is 34.7 Å². The summed E-state index contributed by atoms with van der Waals surface area (Å²) in [6, 6.07) is 16.1. The largest absolute Gasteiger partial charge is 0.465 e. The van der Waals surface area contributed by atoms with E-state index in [4.69, 9.17) is 0 Å². The van der Waals surface area contributed by atoms with E-state index in [1.165, 1.54) is 19.6 Å². The molecule has 1 fully saturated rings. The third-order valence-corrected chi connectivity index (χ3v) is 8.11. The van der Waals surface area contributed by atoms with Crippen molar-refractivity contribution in [3.8, 4) is 16.8 Å². The Morgan fingerprint density at radius 3 is 2.28 bits per heavy atom. The number of halogens is 1. The Hall–Kier alpha value is -4.31. The minimum absolute atomic E-state index is 0.0158. The monoisotopic (exact) mass is 587 g/mol. The Morgan fingerprint density at radius 2 is 1.67 bits per heavy atom. The predicted octanol–water partition coefficient (Wildman–Crippen LogP) is 5.68. The SMILES string of the molecule is CN(C)Cc1ccc(-c2cccc(-n3c(=O)n(C4CCC(N(C(=O)O)C(C)(C)C)CC4)c(=O)c4cc(F)cnc43)c2)cc1. The summed E-state index contributed by atoms with van der Waals surface area (Å²) in [4.78, 5) is 47.6. The van der Waals surface area contributed by atoms with Crippen molar-refractivity contribution in [2.45, 2.75) is 70.6 Å². The average molecular weight is 588 g/mol. The highest BCUT2D eigenvalue weighted by Gasteiger charge is 2.37. The number of carbonyl (C=O) groups is 1. The molecule has 0 spiro atoms. The van der Waals surface area contributed by atoms with Crippen molar-refractivity contribution in [2.75, 3.05) is 14.1 Å². The highest BCUT2D eigenvalue weighted by molar-refractivity contribution is 5.76. The molecule has 2 aromatic heterocycles. The summed E-state index contributed by atoms with van der Waals surface area (Å²) in [6.07, 6.45) is 1.89. The van der Waals surface area contributed by atoms with Gasteiger partial charge in [0.2, 0.25) is 0 Å². The molecule has 0 unspecified atom stereocenters. The lowest BCUT2D eigenvalue weighted by molar-refractivity contribution is 0.0506. The summed E-state index contributed by atoms with van der Waals surface area (Å²) >= 11 is 0. The maximum Gasteiger partial charge on any atom is 0.407 e. The highest BCUT2D eigenvalue weighted by atomic mass is 19.1. The van der Waals surface area contributed by atoms with Gasteiger partial charge < -0.3 is 14.9 Å². The smallest absolute Gasteiger partial charge is 0.407 e. The normalized spacial score (nSPS) is 17.4. The number of carboxylic acid groups (broad SMARTS) is 1. The summed E-state index contributed by atoms with van der Waals surface area (Å²) in [5.41, 5.74) is 1.89. The number of nitrogens with zero attached hydrogens (tertiary/aromatic N) is 5. The van der Waals surface area contributed by atoms with Crippen molar-refractivity contribution in [1.82, 2.24) is 23.9 Å². The molecule has 0 radical (unpaired) electrons. The highest BCUT2D eigenvalue weighted by Crippen LogP contribution is 2.33. The number of rotatable bonds is 6. The molecule has 0 atom stereocenters. The predicted molar refractivity (Wildman–Crippen MR) is 165 cm³/mol. The second kappa shape index (κ2) is 11.8. The summed E-state index contributed by atoms with van der Waals surface area (Å²) < 4.78 is 17.0. The second-order valence-corrected chi connectivity index (χ2v) is 12.6. The fraction of sp³-hybridized carbons (Fsp3) is 0.394. The Balaban J connectivity index is 1.57. The summed E-state index contributed by atoms with van der Waals surface area (Å²) in [6.45, 7) is 6.38. The molecule has 0 saturated heterocycles. The first-order valence-corrected chi connectivity index (χ1v) is 14.5. The Kier molecular flexibility index (Phi) is 8.25. The van der Waals surface area contributed by atoms with Gasteiger partial charge in [-0.1, -0.05) is 36.4 Å². The van der Waals surface area contributed by atoms with Crippen molar-refractivity contribution in [1.29, 1.82) is 0 Å². The Morgan fingerprint density at radius 1 is 1.00 bits per heavy atom. The van der Waals surface area contributed by atoms with Crippen LogP contribution in [0.1, 0.15) is 58.1 Å². The van der Waals surface area contributed by atoms with Crippen LogP contribution in [0, 0.1) is 5.82 Å². The van der Waals surface area contributed by atoms with Crippen LogP contribution >= 0.6 is 0 Å². The van der Waals surface area contributed by atoms with Crippen molar-refractivity contribution >= 4 is 17.1 Å². The van der Waals surface area contributed by atoms with E-state index in [-0.39, 0.29) is 17.1 Å². The van der Waals surface area contributed by atoms with E-state index in [9.17, 15) is 23.9 Å². The van der Waals surface area contributed by atoms with Gasteiger partial charge in [-0.25, -0.2) is 23.5 Å². The standard InChI is InChI=1S/C33H38FN5O4/c1-33(2,3)39(32(42)43)26-15-13-25(14-16-26)38-30(40)28-18-24(34)19-35-29(28)37(31(38)41)27-8-6-7-23(17-27)22-11-9-21(10-12-22)20-36(4)5/h6-12,17-19,25-26H,13-16,20H2,1-5H3,(H,42,43). The molecule has 43 heavy (non-hydrogen) atoms. The molecule has 4 aromatic rings. The molecule has 10 heteroatoms. The number of hydrogen-bond donors (Lipinski definition) is 1. The molecule has 1 aliphatic rings. The van der Waals surface area contributed by atoms with Crippen LogP contribution in [0.25, 0.3) is 27.8 Å². The molecule has 9 nitrogen and oxygen atoms in total. The van der Waals surface area contributed by atoms with Crippen LogP contribution in [-0.2, 0) is 6.54 Å². The van der Waals surface area contributed by atoms with Crippen LogP contribution in [0.15, 0.2) is 70.4 Å². The van der Waals surface area contributed by atoms with Crippen LogP contribution in [0.5, 0.6) is 0 Å². The molecular formula is C33H38FN5O4. The van der Waals surface area contributed by atoms with Gasteiger partial charge in [-0.05, 0) is 95.4 Å². The van der Waals surface area contributed by atoms with E-state index >= 15 is 0 Å². The molecule has 1 saturated carbocycles.